The van der Waals surface area contributed by atoms with E-state index in [0.717, 1.165) is 29.8 Å². The molecule has 1 heterocycles. The van der Waals surface area contributed by atoms with Gasteiger partial charge in [0.1, 0.15) is 5.75 Å². The number of hydrogen-bond acceptors (Lipinski definition) is 4. The topological polar surface area (TPSA) is 78.9 Å². The average Bonchev–Trinajstić information content (AvgIpc) is 2.75. The number of likely N-dealkylation sites (N-methyl/N-ethyl adjacent to an activating group) is 1. The Hall–Kier alpha value is -2.36. The number of nitrogens with one attached hydrogen (secondary N) is 2. The summed E-state index contributed by atoms with van der Waals surface area (Å²) in [6.45, 7) is 3.54. The van der Waals surface area contributed by atoms with Crippen molar-refractivity contribution < 1.29 is 9.53 Å². The summed E-state index contributed by atoms with van der Waals surface area (Å²) in [4.78, 5) is 22.5. The Morgan fingerprint density at radius 1 is 1.20 bits per heavy atom. The van der Waals surface area contributed by atoms with Crippen molar-refractivity contribution in [1.29, 1.82) is 0 Å². The molecule has 1 aromatic carbocycles. The van der Waals surface area contributed by atoms with Crippen LogP contribution in [0.25, 0.3) is 0 Å². The van der Waals surface area contributed by atoms with Gasteiger partial charge in [0.15, 0.2) is 5.96 Å². The number of benzene rings is 1. The third-order valence-corrected chi connectivity index (χ3v) is 4.66. The maximum Gasteiger partial charge on any atom is 0.241 e. The maximum absolute atomic E-state index is 12.3. The van der Waals surface area contributed by atoms with Gasteiger partial charge in [0, 0.05) is 45.5 Å². The van der Waals surface area contributed by atoms with E-state index in [0.29, 0.717) is 19.0 Å². The SMILES string of the molecule is CN=C(NCCc1ccc(C)c(OC)c1)NCC(=O)N(C)CCc1ccccn1.I. The third kappa shape index (κ3) is 8.56. The summed E-state index contributed by atoms with van der Waals surface area (Å²) in [5, 5.41) is 6.31. The molecule has 0 aliphatic rings. The number of hydrogen-bond donors (Lipinski definition) is 2. The van der Waals surface area contributed by atoms with E-state index in [1.54, 1.807) is 32.3 Å². The summed E-state index contributed by atoms with van der Waals surface area (Å²) >= 11 is 0. The number of ether oxygens (including phenoxy) is 1. The first-order chi connectivity index (χ1) is 14.0. The zero-order chi connectivity index (χ0) is 21.1. The van der Waals surface area contributed by atoms with Crippen LogP contribution >= 0.6 is 24.0 Å². The second-order valence-corrected chi connectivity index (χ2v) is 6.79. The van der Waals surface area contributed by atoms with Crippen molar-refractivity contribution in [1.82, 2.24) is 20.5 Å². The van der Waals surface area contributed by atoms with E-state index in [1.165, 1.54) is 5.56 Å². The number of aryl methyl sites for hydroxylation is 1. The molecule has 0 bridgehead atoms. The standard InChI is InChI=1S/C22H31N5O2.HI/c1-17-8-9-18(15-20(17)29-4)10-13-25-22(23-2)26-16-21(28)27(3)14-11-19-7-5-6-12-24-19;/h5-9,12,15H,10-11,13-14,16H2,1-4H3,(H2,23,25,26);1H. The Labute approximate surface area is 196 Å². The van der Waals surface area contributed by atoms with Crippen LogP contribution in [0.2, 0.25) is 0 Å². The van der Waals surface area contributed by atoms with Crippen LogP contribution in [0.4, 0.5) is 0 Å². The second-order valence-electron chi connectivity index (χ2n) is 6.79. The predicted octanol–water partition coefficient (Wildman–Crippen LogP) is 2.43. The molecule has 1 amide bonds. The molecule has 7 nitrogen and oxygen atoms in total. The van der Waals surface area contributed by atoms with Crippen molar-refractivity contribution in [3.05, 3.63) is 59.4 Å². The summed E-state index contributed by atoms with van der Waals surface area (Å²) in [6.07, 6.45) is 3.33. The molecule has 0 aliphatic heterocycles. The molecular weight excluding hydrogens is 493 g/mol. The van der Waals surface area contributed by atoms with Crippen molar-refractivity contribution in [2.45, 2.75) is 19.8 Å². The Morgan fingerprint density at radius 3 is 2.67 bits per heavy atom. The number of aromatic nitrogens is 1. The number of nitrogens with zero attached hydrogens (tertiary/aromatic N) is 3. The van der Waals surface area contributed by atoms with E-state index >= 15 is 0 Å². The Kier molecular flexibility index (Phi) is 11.8. The minimum atomic E-state index is 0. The van der Waals surface area contributed by atoms with Crippen molar-refractivity contribution in [3.63, 3.8) is 0 Å². The number of guanidine groups is 1. The summed E-state index contributed by atoms with van der Waals surface area (Å²) in [5.41, 5.74) is 3.28. The van der Waals surface area contributed by atoms with Crippen LogP contribution in [0, 0.1) is 6.92 Å². The molecule has 8 heteroatoms. The summed E-state index contributed by atoms with van der Waals surface area (Å²) in [5.74, 6) is 1.51. The van der Waals surface area contributed by atoms with Gasteiger partial charge in [0.05, 0.1) is 13.7 Å². The molecule has 2 rings (SSSR count). The zero-order valence-electron chi connectivity index (χ0n) is 18.1. The van der Waals surface area contributed by atoms with Crippen LogP contribution in [0.15, 0.2) is 47.6 Å². The van der Waals surface area contributed by atoms with Gasteiger partial charge in [-0.25, -0.2) is 0 Å². The van der Waals surface area contributed by atoms with Gasteiger partial charge in [-0.2, -0.15) is 0 Å². The van der Waals surface area contributed by atoms with Crippen LogP contribution < -0.4 is 15.4 Å². The molecule has 0 saturated carbocycles. The highest BCUT2D eigenvalue weighted by Gasteiger charge is 2.10. The molecule has 164 valence electrons. The first-order valence-corrected chi connectivity index (χ1v) is 9.75. The van der Waals surface area contributed by atoms with Crippen LogP contribution in [0.5, 0.6) is 5.75 Å². The number of rotatable bonds is 9. The summed E-state index contributed by atoms with van der Waals surface area (Å²) in [7, 11) is 5.17. The fraction of sp³-hybridized carbons (Fsp3) is 0.409. The van der Waals surface area contributed by atoms with E-state index < -0.39 is 0 Å². The highest BCUT2D eigenvalue weighted by atomic mass is 127. The average molecular weight is 525 g/mol. The molecule has 2 N–H and O–H groups in total. The van der Waals surface area contributed by atoms with Gasteiger partial charge in [0.2, 0.25) is 5.91 Å². The van der Waals surface area contributed by atoms with E-state index in [-0.39, 0.29) is 36.4 Å². The first kappa shape index (κ1) is 25.7. The van der Waals surface area contributed by atoms with Crippen LogP contribution in [-0.2, 0) is 17.6 Å². The van der Waals surface area contributed by atoms with Crippen LogP contribution in [-0.4, -0.2) is 62.6 Å². The van der Waals surface area contributed by atoms with Gasteiger partial charge in [-0.15, -0.1) is 24.0 Å². The number of carbonyl (C=O) groups excluding carboxylic acids is 1. The highest BCUT2D eigenvalue weighted by molar-refractivity contribution is 14.0. The predicted molar refractivity (Wildman–Crippen MR) is 132 cm³/mol. The lowest BCUT2D eigenvalue weighted by Crippen LogP contribution is -2.44. The van der Waals surface area contributed by atoms with Crippen molar-refractivity contribution in [2.24, 2.45) is 4.99 Å². The molecule has 0 spiro atoms. The third-order valence-electron chi connectivity index (χ3n) is 4.66. The number of pyridine rings is 1. The monoisotopic (exact) mass is 525 g/mol. The normalized spacial score (nSPS) is 10.7. The number of aliphatic imine (C=N–C) groups is 1. The van der Waals surface area contributed by atoms with Gasteiger partial charge in [-0.3, -0.25) is 14.8 Å². The zero-order valence-corrected chi connectivity index (χ0v) is 20.5. The Balaban J connectivity index is 0.00000450. The van der Waals surface area contributed by atoms with Gasteiger partial charge in [0.25, 0.3) is 0 Å². The van der Waals surface area contributed by atoms with E-state index in [9.17, 15) is 4.79 Å². The molecule has 0 radical (unpaired) electrons. The molecule has 0 aliphatic carbocycles. The van der Waals surface area contributed by atoms with Crippen LogP contribution in [0.1, 0.15) is 16.8 Å². The molecule has 1 aromatic heterocycles. The summed E-state index contributed by atoms with van der Waals surface area (Å²) in [6, 6.07) is 12.0. The molecule has 0 unspecified atom stereocenters. The maximum atomic E-state index is 12.3. The van der Waals surface area contributed by atoms with Crippen molar-refractivity contribution in [2.75, 3.05) is 40.8 Å². The minimum Gasteiger partial charge on any atom is -0.496 e. The molecular formula is C22H32IN5O2. The molecule has 0 fully saturated rings. The lowest BCUT2D eigenvalue weighted by molar-refractivity contribution is -0.128. The Morgan fingerprint density at radius 2 is 2.00 bits per heavy atom. The van der Waals surface area contributed by atoms with E-state index in [4.69, 9.17) is 4.74 Å². The fourth-order valence-electron chi connectivity index (χ4n) is 2.81. The van der Waals surface area contributed by atoms with Gasteiger partial charge < -0.3 is 20.3 Å². The quantitative estimate of drug-likeness (QED) is 0.299. The van der Waals surface area contributed by atoms with Crippen molar-refractivity contribution in [3.8, 4) is 5.75 Å². The fourth-order valence-corrected chi connectivity index (χ4v) is 2.81. The number of amides is 1. The molecule has 0 atom stereocenters. The van der Waals surface area contributed by atoms with E-state index in [1.807, 2.05) is 31.2 Å². The van der Waals surface area contributed by atoms with Gasteiger partial charge in [-0.05, 0) is 42.7 Å². The van der Waals surface area contributed by atoms with Crippen LogP contribution in [0.3, 0.4) is 0 Å². The van der Waals surface area contributed by atoms with Gasteiger partial charge >= 0.3 is 0 Å². The lowest BCUT2D eigenvalue weighted by atomic mass is 10.1. The largest absolute Gasteiger partial charge is 0.496 e. The lowest BCUT2D eigenvalue weighted by Gasteiger charge is -2.18. The van der Waals surface area contributed by atoms with Gasteiger partial charge in [-0.1, -0.05) is 18.2 Å². The molecule has 0 saturated heterocycles. The van der Waals surface area contributed by atoms with Crippen molar-refractivity contribution >= 4 is 35.8 Å². The summed E-state index contributed by atoms with van der Waals surface area (Å²) < 4.78 is 5.37. The smallest absolute Gasteiger partial charge is 0.241 e. The van der Waals surface area contributed by atoms with E-state index in [2.05, 4.69) is 32.7 Å². The number of methoxy groups -OCH3 is 1. The molecule has 2 aromatic rings. The Bertz CT molecular complexity index is 814. The highest BCUT2D eigenvalue weighted by Crippen LogP contribution is 2.18. The molecule has 30 heavy (non-hydrogen) atoms. The number of halogens is 1. The second kappa shape index (κ2) is 13.8. The minimum absolute atomic E-state index is 0. The number of carbonyl (C=O) groups is 1. The first-order valence-electron chi connectivity index (χ1n) is 9.75.